The SMILES string of the molecule is N#CCc1ccc(NS(=O)(=O)c2ccc3c(c2)C(=O)c2ccccc2C3=O)cc1. The van der Waals surface area contributed by atoms with Crippen LogP contribution in [0.5, 0.6) is 0 Å². The fourth-order valence-corrected chi connectivity index (χ4v) is 4.33. The van der Waals surface area contributed by atoms with Crippen LogP contribution in [0.3, 0.4) is 0 Å². The molecule has 4 rings (SSSR count). The quantitative estimate of drug-likeness (QED) is 0.564. The zero-order valence-electron chi connectivity index (χ0n) is 15.0. The van der Waals surface area contributed by atoms with Gasteiger partial charge in [-0.15, -0.1) is 0 Å². The molecule has 142 valence electrons. The molecule has 3 aromatic carbocycles. The summed E-state index contributed by atoms with van der Waals surface area (Å²) in [5, 5.41) is 8.71. The fourth-order valence-electron chi connectivity index (χ4n) is 3.24. The lowest BCUT2D eigenvalue weighted by atomic mass is 9.84. The van der Waals surface area contributed by atoms with Crippen LogP contribution in [0.15, 0.2) is 71.6 Å². The van der Waals surface area contributed by atoms with E-state index < -0.39 is 10.0 Å². The molecule has 6 nitrogen and oxygen atoms in total. The summed E-state index contributed by atoms with van der Waals surface area (Å²) >= 11 is 0. The number of nitrogens with zero attached hydrogens (tertiary/aromatic N) is 1. The Bertz CT molecular complexity index is 1300. The maximum absolute atomic E-state index is 12.8. The summed E-state index contributed by atoms with van der Waals surface area (Å²) in [6.45, 7) is 0. The molecule has 0 amide bonds. The number of benzene rings is 3. The first-order chi connectivity index (χ1) is 13.9. The highest BCUT2D eigenvalue weighted by molar-refractivity contribution is 7.92. The maximum Gasteiger partial charge on any atom is 0.261 e. The predicted molar refractivity (Wildman–Crippen MR) is 106 cm³/mol. The minimum atomic E-state index is -3.97. The zero-order valence-corrected chi connectivity index (χ0v) is 15.9. The second-order valence-electron chi connectivity index (χ2n) is 6.55. The van der Waals surface area contributed by atoms with Crippen molar-refractivity contribution in [3.05, 3.63) is 94.5 Å². The number of hydrogen-bond acceptors (Lipinski definition) is 5. The molecule has 29 heavy (non-hydrogen) atoms. The van der Waals surface area contributed by atoms with Crippen molar-refractivity contribution < 1.29 is 18.0 Å². The summed E-state index contributed by atoms with van der Waals surface area (Å²) < 4.78 is 28.0. The molecule has 1 N–H and O–H groups in total. The van der Waals surface area contributed by atoms with E-state index in [9.17, 15) is 18.0 Å². The Kier molecular flexibility index (Phi) is 4.49. The van der Waals surface area contributed by atoms with Gasteiger partial charge in [0, 0.05) is 27.9 Å². The molecule has 3 aromatic rings. The molecule has 0 aliphatic heterocycles. The van der Waals surface area contributed by atoms with Crippen LogP contribution >= 0.6 is 0 Å². The van der Waals surface area contributed by atoms with Gasteiger partial charge in [-0.2, -0.15) is 5.26 Å². The number of rotatable bonds is 4. The van der Waals surface area contributed by atoms with Crippen LogP contribution in [0.4, 0.5) is 5.69 Å². The van der Waals surface area contributed by atoms with Crippen molar-refractivity contribution in [2.75, 3.05) is 4.72 Å². The Morgan fingerprint density at radius 2 is 1.38 bits per heavy atom. The van der Waals surface area contributed by atoms with E-state index in [1.807, 2.05) is 6.07 Å². The van der Waals surface area contributed by atoms with E-state index in [4.69, 9.17) is 5.26 Å². The fraction of sp³-hybridized carbons (Fsp3) is 0.0455. The summed E-state index contributed by atoms with van der Waals surface area (Å²) in [6.07, 6.45) is 0.232. The predicted octanol–water partition coefficient (Wildman–Crippen LogP) is 3.33. The number of fused-ring (bicyclic) bond motifs is 2. The van der Waals surface area contributed by atoms with Crippen LogP contribution in [-0.4, -0.2) is 20.0 Å². The molecule has 0 fully saturated rings. The van der Waals surface area contributed by atoms with Crippen molar-refractivity contribution in [3.63, 3.8) is 0 Å². The molecule has 0 heterocycles. The van der Waals surface area contributed by atoms with E-state index in [0.29, 0.717) is 11.3 Å². The first-order valence-electron chi connectivity index (χ1n) is 8.72. The van der Waals surface area contributed by atoms with E-state index in [1.165, 1.54) is 18.2 Å². The molecule has 0 unspecified atom stereocenters. The van der Waals surface area contributed by atoms with Crippen molar-refractivity contribution in [2.45, 2.75) is 11.3 Å². The Morgan fingerprint density at radius 1 is 0.793 bits per heavy atom. The van der Waals surface area contributed by atoms with Crippen molar-refractivity contribution in [1.29, 1.82) is 5.26 Å². The monoisotopic (exact) mass is 402 g/mol. The Morgan fingerprint density at radius 3 is 2.00 bits per heavy atom. The van der Waals surface area contributed by atoms with Crippen molar-refractivity contribution in [2.24, 2.45) is 0 Å². The van der Waals surface area contributed by atoms with E-state index in [0.717, 1.165) is 5.56 Å². The number of nitrogens with one attached hydrogen (secondary N) is 1. The van der Waals surface area contributed by atoms with Gasteiger partial charge in [-0.3, -0.25) is 14.3 Å². The summed E-state index contributed by atoms with van der Waals surface area (Å²) in [5.41, 5.74) is 1.94. The smallest absolute Gasteiger partial charge is 0.261 e. The molecule has 0 radical (unpaired) electrons. The van der Waals surface area contributed by atoms with E-state index >= 15 is 0 Å². The third-order valence-corrected chi connectivity index (χ3v) is 6.08. The number of nitriles is 1. The average molecular weight is 402 g/mol. The molecule has 0 spiro atoms. The third-order valence-electron chi connectivity index (χ3n) is 4.70. The molecular weight excluding hydrogens is 388 g/mol. The number of carbonyl (C=O) groups excluding carboxylic acids is 2. The summed E-state index contributed by atoms with van der Waals surface area (Å²) in [4.78, 5) is 25.3. The maximum atomic E-state index is 12.8. The van der Waals surface area contributed by atoms with Crippen LogP contribution in [-0.2, 0) is 16.4 Å². The molecule has 0 bridgehead atoms. The Balaban J connectivity index is 1.69. The molecular formula is C22H14N2O4S. The van der Waals surface area contributed by atoms with Crippen LogP contribution in [0.25, 0.3) is 0 Å². The molecule has 7 heteroatoms. The van der Waals surface area contributed by atoms with Gasteiger partial charge in [-0.25, -0.2) is 8.42 Å². The van der Waals surface area contributed by atoms with E-state index in [-0.39, 0.29) is 39.6 Å². The number of carbonyl (C=O) groups is 2. The summed E-state index contributed by atoms with van der Waals surface area (Å²) in [5.74, 6) is -0.687. The molecule has 1 aliphatic carbocycles. The topological polar surface area (TPSA) is 104 Å². The van der Waals surface area contributed by atoms with E-state index in [1.54, 1.807) is 48.5 Å². The summed E-state index contributed by atoms with van der Waals surface area (Å²) in [6, 6.07) is 18.9. The van der Waals surface area contributed by atoms with Crippen molar-refractivity contribution in [1.82, 2.24) is 0 Å². The van der Waals surface area contributed by atoms with Gasteiger partial charge in [-0.1, -0.05) is 36.4 Å². The van der Waals surface area contributed by atoms with Gasteiger partial charge in [-0.05, 0) is 35.9 Å². The van der Waals surface area contributed by atoms with Crippen LogP contribution in [0, 0.1) is 11.3 Å². The highest BCUT2D eigenvalue weighted by Gasteiger charge is 2.30. The second-order valence-corrected chi connectivity index (χ2v) is 8.23. The molecule has 0 aromatic heterocycles. The normalized spacial score (nSPS) is 12.7. The highest BCUT2D eigenvalue weighted by Crippen LogP contribution is 2.29. The van der Waals surface area contributed by atoms with Gasteiger partial charge in [0.2, 0.25) is 0 Å². The van der Waals surface area contributed by atoms with Crippen LogP contribution in [0.1, 0.15) is 37.4 Å². The van der Waals surface area contributed by atoms with Gasteiger partial charge in [0.1, 0.15) is 0 Å². The van der Waals surface area contributed by atoms with Gasteiger partial charge in [0.05, 0.1) is 17.4 Å². The minimum absolute atomic E-state index is 0.0703. The van der Waals surface area contributed by atoms with Gasteiger partial charge >= 0.3 is 0 Å². The van der Waals surface area contributed by atoms with Gasteiger partial charge in [0.25, 0.3) is 10.0 Å². The third kappa shape index (κ3) is 3.30. The van der Waals surface area contributed by atoms with Crippen molar-refractivity contribution in [3.8, 4) is 6.07 Å². The van der Waals surface area contributed by atoms with Crippen LogP contribution in [0.2, 0.25) is 0 Å². The lowest BCUT2D eigenvalue weighted by Gasteiger charge is -2.18. The highest BCUT2D eigenvalue weighted by atomic mass is 32.2. The van der Waals surface area contributed by atoms with Gasteiger partial charge < -0.3 is 0 Å². The number of ketones is 2. The van der Waals surface area contributed by atoms with Crippen molar-refractivity contribution >= 4 is 27.3 Å². The number of sulfonamides is 1. The van der Waals surface area contributed by atoms with Gasteiger partial charge in [0.15, 0.2) is 11.6 Å². The van der Waals surface area contributed by atoms with Crippen LogP contribution < -0.4 is 4.72 Å². The first-order valence-corrected chi connectivity index (χ1v) is 10.2. The molecule has 0 saturated carbocycles. The number of hydrogen-bond donors (Lipinski definition) is 1. The first kappa shape index (κ1) is 18.6. The van der Waals surface area contributed by atoms with E-state index in [2.05, 4.69) is 4.72 Å². The lowest BCUT2D eigenvalue weighted by molar-refractivity contribution is 0.0979. The number of anilines is 1. The molecule has 0 saturated heterocycles. The minimum Gasteiger partial charge on any atom is -0.289 e. The zero-order chi connectivity index (χ0) is 20.6. The second kappa shape index (κ2) is 7.00. The largest absolute Gasteiger partial charge is 0.289 e. The summed E-state index contributed by atoms with van der Waals surface area (Å²) in [7, 11) is -3.97. The standard InChI is InChI=1S/C22H14N2O4S/c23-12-11-14-5-7-15(8-6-14)24-29(27,28)16-9-10-19-20(13-16)22(26)18-4-2-1-3-17(18)21(19)25/h1-10,13,24H,11H2. The average Bonchev–Trinajstić information content (AvgIpc) is 2.73. The Labute approximate surface area is 167 Å². The molecule has 1 aliphatic rings. The lowest BCUT2D eigenvalue weighted by Crippen LogP contribution is -2.22. The Hall–Kier alpha value is -3.76. The molecule has 0 atom stereocenters.